The van der Waals surface area contributed by atoms with E-state index in [-0.39, 0.29) is 12.2 Å². The molecule has 176 valence electrons. The Morgan fingerprint density at radius 3 is 1.61 bits per heavy atom. The Balaban J connectivity index is 0.000000321. The van der Waals surface area contributed by atoms with E-state index >= 15 is 0 Å². The molecule has 3 aromatic rings. The number of carbonyl (C=O) groups excluding carboxylic acids is 1. The van der Waals surface area contributed by atoms with E-state index in [0.717, 1.165) is 16.0 Å². The maximum atomic E-state index is 12.5. The molecule has 0 unspecified atom stereocenters. The van der Waals surface area contributed by atoms with E-state index in [1.165, 1.54) is 5.56 Å². The van der Waals surface area contributed by atoms with Crippen LogP contribution in [0, 0.1) is 0 Å². The lowest BCUT2D eigenvalue weighted by molar-refractivity contribution is -0.117. The minimum absolute atomic E-state index is 0.0646. The lowest BCUT2D eigenvalue weighted by Crippen LogP contribution is -2.13. The van der Waals surface area contributed by atoms with Gasteiger partial charge < -0.3 is 5.73 Å². The lowest BCUT2D eigenvalue weighted by atomic mass is 10.0. The van der Waals surface area contributed by atoms with Gasteiger partial charge in [-0.2, -0.15) is 0 Å². The second-order valence-corrected chi connectivity index (χ2v) is 11.2. The summed E-state index contributed by atoms with van der Waals surface area (Å²) in [5, 5.41) is 0. The highest BCUT2D eigenvalue weighted by atomic mass is 32.2. The summed E-state index contributed by atoms with van der Waals surface area (Å²) in [4.78, 5) is 12.2. The van der Waals surface area contributed by atoms with Crippen LogP contribution in [0.1, 0.15) is 61.8 Å². The van der Waals surface area contributed by atoms with Crippen LogP contribution in [0.5, 0.6) is 0 Å². The molecule has 0 aliphatic heterocycles. The van der Waals surface area contributed by atoms with Crippen molar-refractivity contribution in [1.29, 1.82) is 0 Å². The van der Waals surface area contributed by atoms with Crippen molar-refractivity contribution < 1.29 is 13.2 Å². The van der Waals surface area contributed by atoms with Crippen LogP contribution in [0.15, 0.2) is 82.6 Å². The number of amides is 1. The molecule has 33 heavy (non-hydrogen) atoms. The molecule has 0 saturated carbocycles. The Morgan fingerprint density at radius 2 is 1.18 bits per heavy atom. The summed E-state index contributed by atoms with van der Waals surface area (Å²) < 4.78 is 24.9. The molecule has 0 spiro atoms. The quantitative estimate of drug-likeness (QED) is 0.410. The van der Waals surface area contributed by atoms with Crippen molar-refractivity contribution in [2.75, 3.05) is 0 Å². The van der Waals surface area contributed by atoms with Crippen LogP contribution in [0.4, 0.5) is 0 Å². The summed E-state index contributed by atoms with van der Waals surface area (Å²) >= 11 is 4.20. The summed E-state index contributed by atoms with van der Waals surface area (Å²) in [7, 11) is -3.38. The molecule has 2 N–H and O–H groups in total. The normalized spacial score (nSPS) is 11.2. The van der Waals surface area contributed by atoms with Gasteiger partial charge >= 0.3 is 0 Å². The first-order chi connectivity index (χ1) is 15.5. The lowest BCUT2D eigenvalue weighted by Gasteiger charge is -2.08. The molecular weight excluding hydrogens is 450 g/mol. The van der Waals surface area contributed by atoms with Crippen LogP contribution in [0.3, 0.4) is 0 Å². The molecular formula is C27H33NO3S2. The van der Waals surface area contributed by atoms with Crippen molar-refractivity contribution >= 4 is 28.4 Å². The maximum Gasteiger partial charge on any atom is 0.221 e. The number of hydrogen-bond donors (Lipinski definition) is 2. The van der Waals surface area contributed by atoms with Crippen LogP contribution < -0.4 is 5.73 Å². The summed E-state index contributed by atoms with van der Waals surface area (Å²) in [5.74, 6) is 0.513. The fourth-order valence-corrected chi connectivity index (χ4v) is 4.67. The standard InChI is InChI=1S/C18H21NO3S.C9H12S/c1-13(2)16-7-9-17(10-8-16)23(21,22)12-15-5-3-14(4-6-15)11-18(19)20;1-7(2)8-3-5-9(10)6-4-8/h3-10,13H,11-12H2,1-2H3,(H2,19,20);3-7,10H,1-2H3. The van der Waals surface area contributed by atoms with Gasteiger partial charge in [0.1, 0.15) is 0 Å². The van der Waals surface area contributed by atoms with Gasteiger partial charge in [-0.1, -0.05) is 76.2 Å². The number of nitrogens with two attached hydrogens (primary N) is 1. The van der Waals surface area contributed by atoms with Crippen LogP contribution in [-0.2, 0) is 26.8 Å². The number of primary amides is 1. The summed E-state index contributed by atoms with van der Waals surface area (Å²) in [6.45, 7) is 8.51. The van der Waals surface area contributed by atoms with Crippen LogP contribution in [0.25, 0.3) is 0 Å². The maximum absolute atomic E-state index is 12.5. The average molecular weight is 484 g/mol. The first-order valence-corrected chi connectivity index (χ1v) is 13.1. The molecule has 0 atom stereocenters. The van der Waals surface area contributed by atoms with Gasteiger partial charge in [-0.25, -0.2) is 8.42 Å². The topological polar surface area (TPSA) is 77.2 Å². The monoisotopic (exact) mass is 483 g/mol. The molecule has 0 heterocycles. The van der Waals surface area contributed by atoms with Crippen LogP contribution in [-0.4, -0.2) is 14.3 Å². The molecule has 0 bridgehead atoms. The number of carbonyl (C=O) groups is 1. The van der Waals surface area contributed by atoms with E-state index in [2.05, 4.69) is 52.5 Å². The third kappa shape index (κ3) is 8.71. The van der Waals surface area contributed by atoms with E-state index < -0.39 is 15.7 Å². The average Bonchev–Trinajstić information content (AvgIpc) is 2.75. The molecule has 3 rings (SSSR count). The van der Waals surface area contributed by atoms with Gasteiger partial charge in [0.05, 0.1) is 17.1 Å². The Labute approximate surface area is 203 Å². The zero-order chi connectivity index (χ0) is 24.6. The fraction of sp³-hybridized carbons (Fsp3) is 0.296. The fourth-order valence-electron chi connectivity index (χ4n) is 3.18. The summed E-state index contributed by atoms with van der Waals surface area (Å²) in [6.07, 6.45) is 0.156. The van der Waals surface area contributed by atoms with E-state index in [0.29, 0.717) is 22.3 Å². The van der Waals surface area contributed by atoms with Gasteiger partial charge in [0, 0.05) is 4.90 Å². The minimum Gasteiger partial charge on any atom is -0.369 e. The largest absolute Gasteiger partial charge is 0.369 e. The second-order valence-electron chi connectivity index (χ2n) is 8.69. The first-order valence-electron chi connectivity index (χ1n) is 11.0. The van der Waals surface area contributed by atoms with Gasteiger partial charge in [-0.05, 0) is 58.4 Å². The Kier molecular flexibility index (Phi) is 9.74. The van der Waals surface area contributed by atoms with Crippen LogP contribution in [0.2, 0.25) is 0 Å². The van der Waals surface area contributed by atoms with E-state index in [1.807, 2.05) is 24.3 Å². The molecule has 0 aliphatic carbocycles. The Hall–Kier alpha value is -2.57. The molecule has 0 radical (unpaired) electrons. The zero-order valence-corrected chi connectivity index (χ0v) is 21.4. The van der Waals surface area contributed by atoms with Crippen LogP contribution >= 0.6 is 12.6 Å². The third-order valence-electron chi connectivity index (χ3n) is 5.22. The third-order valence-corrected chi connectivity index (χ3v) is 7.23. The van der Waals surface area contributed by atoms with Crippen molar-refractivity contribution in [3.63, 3.8) is 0 Å². The van der Waals surface area contributed by atoms with Crippen molar-refractivity contribution in [3.8, 4) is 0 Å². The molecule has 4 nitrogen and oxygen atoms in total. The predicted molar refractivity (Wildman–Crippen MR) is 139 cm³/mol. The van der Waals surface area contributed by atoms with Gasteiger partial charge in [-0.15, -0.1) is 12.6 Å². The van der Waals surface area contributed by atoms with Crippen molar-refractivity contribution in [2.24, 2.45) is 5.73 Å². The van der Waals surface area contributed by atoms with Gasteiger partial charge in [-0.3, -0.25) is 4.79 Å². The molecule has 1 amide bonds. The smallest absolute Gasteiger partial charge is 0.221 e. The molecule has 0 fully saturated rings. The van der Waals surface area contributed by atoms with Gasteiger partial charge in [0.25, 0.3) is 0 Å². The SMILES string of the molecule is CC(C)c1ccc(S(=O)(=O)Cc2ccc(CC(N)=O)cc2)cc1.CC(C)c1ccc(S)cc1. The van der Waals surface area contributed by atoms with Gasteiger partial charge in [0.15, 0.2) is 9.84 Å². The van der Waals surface area contributed by atoms with E-state index in [4.69, 9.17) is 5.73 Å². The Morgan fingerprint density at radius 1 is 0.758 bits per heavy atom. The summed E-state index contributed by atoms with van der Waals surface area (Å²) in [6, 6.07) is 22.2. The molecule has 6 heteroatoms. The van der Waals surface area contributed by atoms with E-state index in [9.17, 15) is 13.2 Å². The number of rotatable bonds is 7. The van der Waals surface area contributed by atoms with E-state index in [1.54, 1.807) is 36.4 Å². The second kappa shape index (κ2) is 12.1. The highest BCUT2D eigenvalue weighted by Crippen LogP contribution is 2.21. The zero-order valence-electron chi connectivity index (χ0n) is 19.7. The van der Waals surface area contributed by atoms with Crippen molar-refractivity contribution in [2.45, 2.75) is 61.5 Å². The van der Waals surface area contributed by atoms with Crippen molar-refractivity contribution in [3.05, 3.63) is 95.1 Å². The highest BCUT2D eigenvalue weighted by Gasteiger charge is 2.15. The highest BCUT2D eigenvalue weighted by molar-refractivity contribution is 7.90. The predicted octanol–water partition coefficient (Wildman–Crippen LogP) is 5.91. The molecule has 0 aliphatic rings. The number of benzene rings is 3. The first kappa shape index (κ1) is 26.7. The molecule has 3 aromatic carbocycles. The molecule has 0 aromatic heterocycles. The molecule has 0 saturated heterocycles. The number of thiol groups is 1. The van der Waals surface area contributed by atoms with Crippen molar-refractivity contribution in [1.82, 2.24) is 0 Å². The number of hydrogen-bond acceptors (Lipinski definition) is 4. The number of sulfone groups is 1. The summed E-state index contributed by atoms with van der Waals surface area (Å²) in [5.41, 5.74) is 9.09. The minimum atomic E-state index is -3.38. The van der Waals surface area contributed by atoms with Gasteiger partial charge in [0.2, 0.25) is 5.91 Å². The Bertz CT molecular complexity index is 1130.